The van der Waals surface area contributed by atoms with Gasteiger partial charge in [0.15, 0.2) is 0 Å². The van der Waals surface area contributed by atoms with Crippen LogP contribution in [0.3, 0.4) is 0 Å². The van der Waals surface area contributed by atoms with E-state index in [1.807, 2.05) is 6.07 Å². The Morgan fingerprint density at radius 1 is 1.15 bits per heavy atom. The van der Waals surface area contributed by atoms with Crippen molar-refractivity contribution in [3.63, 3.8) is 0 Å². The highest BCUT2D eigenvalue weighted by atomic mass is 16.5. The lowest BCUT2D eigenvalue weighted by Crippen LogP contribution is -2.18. The van der Waals surface area contributed by atoms with E-state index in [-0.39, 0.29) is 5.91 Å². The van der Waals surface area contributed by atoms with Gasteiger partial charge in [-0.1, -0.05) is 6.07 Å². The molecule has 0 bridgehead atoms. The van der Waals surface area contributed by atoms with E-state index in [4.69, 9.17) is 15.2 Å². The molecule has 0 saturated heterocycles. The van der Waals surface area contributed by atoms with E-state index in [0.29, 0.717) is 28.5 Å². The molecular formula is C15H16N2O3. The molecule has 0 aromatic heterocycles. The standard InChI is InChI=1S/C15H16N2O3/c1-17-15(18)13-7-6-10(16)8-14(13)20-12-5-3-4-11(9-12)19-2/h3-9H,16H2,1-2H3,(H,17,18). The fourth-order valence-corrected chi connectivity index (χ4v) is 1.74. The molecule has 0 fully saturated rings. The van der Waals surface area contributed by atoms with Gasteiger partial charge in [0.1, 0.15) is 17.2 Å². The first-order valence-electron chi connectivity index (χ1n) is 6.07. The van der Waals surface area contributed by atoms with Gasteiger partial charge in [0.25, 0.3) is 5.91 Å². The SMILES string of the molecule is CNC(=O)c1ccc(N)cc1Oc1cccc(OC)c1. The van der Waals surface area contributed by atoms with Crippen LogP contribution in [0.15, 0.2) is 42.5 Å². The maximum Gasteiger partial charge on any atom is 0.254 e. The summed E-state index contributed by atoms with van der Waals surface area (Å²) in [6, 6.07) is 12.0. The molecule has 0 radical (unpaired) electrons. The van der Waals surface area contributed by atoms with Crippen molar-refractivity contribution in [2.24, 2.45) is 0 Å². The number of methoxy groups -OCH3 is 1. The molecule has 3 N–H and O–H groups in total. The van der Waals surface area contributed by atoms with Crippen LogP contribution in [0, 0.1) is 0 Å². The van der Waals surface area contributed by atoms with Crippen LogP contribution in [0.25, 0.3) is 0 Å². The fraction of sp³-hybridized carbons (Fsp3) is 0.133. The minimum Gasteiger partial charge on any atom is -0.497 e. The predicted octanol–water partition coefficient (Wildman–Crippen LogP) is 2.43. The van der Waals surface area contributed by atoms with Gasteiger partial charge in [-0.15, -0.1) is 0 Å². The lowest BCUT2D eigenvalue weighted by atomic mass is 10.1. The van der Waals surface area contributed by atoms with Crippen LogP contribution in [-0.4, -0.2) is 20.1 Å². The topological polar surface area (TPSA) is 73.6 Å². The number of nitrogens with one attached hydrogen (secondary N) is 1. The van der Waals surface area contributed by atoms with Crippen molar-refractivity contribution in [1.29, 1.82) is 0 Å². The van der Waals surface area contributed by atoms with Gasteiger partial charge in [-0.3, -0.25) is 4.79 Å². The summed E-state index contributed by atoms with van der Waals surface area (Å²) >= 11 is 0. The summed E-state index contributed by atoms with van der Waals surface area (Å²) in [7, 11) is 3.14. The fourth-order valence-electron chi connectivity index (χ4n) is 1.74. The molecule has 5 heteroatoms. The van der Waals surface area contributed by atoms with Crippen LogP contribution in [0.4, 0.5) is 5.69 Å². The Hall–Kier alpha value is -2.69. The van der Waals surface area contributed by atoms with Gasteiger partial charge in [-0.05, 0) is 24.3 Å². The van der Waals surface area contributed by atoms with Gasteiger partial charge >= 0.3 is 0 Å². The van der Waals surface area contributed by atoms with Crippen molar-refractivity contribution in [1.82, 2.24) is 5.32 Å². The second-order valence-corrected chi connectivity index (χ2v) is 4.12. The Balaban J connectivity index is 2.36. The Labute approximate surface area is 117 Å². The van der Waals surface area contributed by atoms with Gasteiger partial charge in [-0.25, -0.2) is 0 Å². The van der Waals surface area contributed by atoms with E-state index in [9.17, 15) is 4.79 Å². The Morgan fingerprint density at radius 2 is 1.90 bits per heavy atom. The average molecular weight is 272 g/mol. The third-order valence-corrected chi connectivity index (χ3v) is 2.75. The number of amides is 1. The van der Waals surface area contributed by atoms with E-state index < -0.39 is 0 Å². The largest absolute Gasteiger partial charge is 0.497 e. The molecule has 104 valence electrons. The molecule has 1 amide bonds. The normalized spacial score (nSPS) is 9.90. The molecule has 0 aliphatic heterocycles. The monoisotopic (exact) mass is 272 g/mol. The number of hydrogen-bond acceptors (Lipinski definition) is 4. The quantitative estimate of drug-likeness (QED) is 0.838. The second-order valence-electron chi connectivity index (χ2n) is 4.12. The molecule has 0 aliphatic rings. The zero-order chi connectivity index (χ0) is 14.5. The van der Waals surface area contributed by atoms with E-state index in [0.717, 1.165) is 0 Å². The van der Waals surface area contributed by atoms with Gasteiger partial charge in [-0.2, -0.15) is 0 Å². The Morgan fingerprint density at radius 3 is 2.60 bits per heavy atom. The summed E-state index contributed by atoms with van der Waals surface area (Å²) in [5.41, 5.74) is 6.69. The van der Waals surface area contributed by atoms with Gasteiger partial charge in [0.05, 0.1) is 12.7 Å². The van der Waals surface area contributed by atoms with E-state index in [2.05, 4.69) is 5.32 Å². The number of carbonyl (C=O) groups is 1. The lowest BCUT2D eigenvalue weighted by Gasteiger charge is -2.11. The van der Waals surface area contributed by atoms with Crippen LogP contribution in [0.5, 0.6) is 17.2 Å². The molecular weight excluding hydrogens is 256 g/mol. The smallest absolute Gasteiger partial charge is 0.254 e. The van der Waals surface area contributed by atoms with Crippen molar-refractivity contribution < 1.29 is 14.3 Å². The number of anilines is 1. The summed E-state index contributed by atoms with van der Waals surface area (Å²) in [4.78, 5) is 11.8. The van der Waals surface area contributed by atoms with Crippen LogP contribution >= 0.6 is 0 Å². The van der Waals surface area contributed by atoms with Crippen molar-refractivity contribution in [2.45, 2.75) is 0 Å². The summed E-state index contributed by atoms with van der Waals surface area (Å²) in [6.45, 7) is 0. The Bertz CT molecular complexity index is 626. The molecule has 0 heterocycles. The third-order valence-electron chi connectivity index (χ3n) is 2.75. The minimum absolute atomic E-state index is 0.233. The van der Waals surface area contributed by atoms with Crippen molar-refractivity contribution in [3.8, 4) is 17.2 Å². The maximum absolute atomic E-state index is 11.8. The minimum atomic E-state index is -0.233. The number of nitrogen functional groups attached to an aromatic ring is 1. The van der Waals surface area contributed by atoms with E-state index in [1.54, 1.807) is 50.6 Å². The molecule has 0 spiro atoms. The number of hydrogen-bond donors (Lipinski definition) is 2. The summed E-state index contributed by atoms with van der Waals surface area (Å²) in [5.74, 6) is 1.41. The van der Waals surface area contributed by atoms with Crippen LogP contribution in [0.2, 0.25) is 0 Å². The zero-order valence-electron chi connectivity index (χ0n) is 11.3. The van der Waals surface area contributed by atoms with Crippen LogP contribution in [-0.2, 0) is 0 Å². The summed E-state index contributed by atoms with van der Waals surface area (Å²) in [6.07, 6.45) is 0. The molecule has 2 rings (SSSR count). The third kappa shape index (κ3) is 3.00. The molecule has 0 saturated carbocycles. The molecule has 0 atom stereocenters. The highest BCUT2D eigenvalue weighted by molar-refractivity contribution is 5.97. The average Bonchev–Trinajstić information content (AvgIpc) is 2.47. The van der Waals surface area contributed by atoms with Crippen LogP contribution in [0.1, 0.15) is 10.4 Å². The van der Waals surface area contributed by atoms with E-state index in [1.165, 1.54) is 0 Å². The number of carbonyl (C=O) groups excluding carboxylic acids is 1. The molecule has 2 aromatic rings. The zero-order valence-corrected chi connectivity index (χ0v) is 11.3. The lowest BCUT2D eigenvalue weighted by molar-refractivity contribution is 0.0961. The number of nitrogens with two attached hydrogens (primary N) is 1. The van der Waals surface area contributed by atoms with Crippen molar-refractivity contribution >= 4 is 11.6 Å². The number of ether oxygens (including phenoxy) is 2. The van der Waals surface area contributed by atoms with Gasteiger partial charge < -0.3 is 20.5 Å². The maximum atomic E-state index is 11.8. The van der Waals surface area contributed by atoms with Gasteiger partial charge in [0.2, 0.25) is 0 Å². The molecule has 20 heavy (non-hydrogen) atoms. The molecule has 0 aliphatic carbocycles. The van der Waals surface area contributed by atoms with Crippen molar-refractivity contribution in [2.75, 3.05) is 19.9 Å². The van der Waals surface area contributed by atoms with E-state index >= 15 is 0 Å². The first kappa shape index (κ1) is 13.7. The number of rotatable bonds is 4. The van der Waals surface area contributed by atoms with Crippen molar-refractivity contribution in [3.05, 3.63) is 48.0 Å². The Kier molecular flexibility index (Phi) is 4.10. The molecule has 5 nitrogen and oxygen atoms in total. The van der Waals surface area contributed by atoms with Gasteiger partial charge in [0, 0.05) is 24.9 Å². The second kappa shape index (κ2) is 5.97. The predicted molar refractivity (Wildman–Crippen MR) is 77.3 cm³/mol. The number of benzene rings is 2. The highest BCUT2D eigenvalue weighted by Crippen LogP contribution is 2.29. The summed E-state index contributed by atoms with van der Waals surface area (Å²) < 4.78 is 10.9. The first-order valence-corrected chi connectivity index (χ1v) is 6.07. The summed E-state index contributed by atoms with van der Waals surface area (Å²) in [5, 5.41) is 2.57. The first-order chi connectivity index (χ1) is 9.63. The molecule has 0 unspecified atom stereocenters. The van der Waals surface area contributed by atoms with Crippen LogP contribution < -0.4 is 20.5 Å². The highest BCUT2D eigenvalue weighted by Gasteiger charge is 2.12. The molecule has 2 aromatic carbocycles.